The van der Waals surface area contributed by atoms with Crippen molar-refractivity contribution in [1.82, 2.24) is 9.62 Å². The average Bonchev–Trinajstić information content (AvgIpc) is 2.66. The summed E-state index contributed by atoms with van der Waals surface area (Å²) in [4.78, 5) is 12.7. The van der Waals surface area contributed by atoms with Gasteiger partial charge in [0.05, 0.1) is 17.5 Å². The number of amides is 1. The van der Waals surface area contributed by atoms with Crippen LogP contribution in [0.2, 0.25) is 0 Å². The van der Waals surface area contributed by atoms with E-state index < -0.39 is 10.0 Å². The number of carbonyl (C=O) groups is 1. The predicted molar refractivity (Wildman–Crippen MR) is 114 cm³/mol. The Balaban J connectivity index is 2.05. The van der Waals surface area contributed by atoms with Gasteiger partial charge < -0.3 is 10.1 Å². The van der Waals surface area contributed by atoms with Gasteiger partial charge in [0.1, 0.15) is 0 Å². The van der Waals surface area contributed by atoms with Crippen LogP contribution in [0.4, 0.5) is 0 Å². The zero-order valence-electron chi connectivity index (χ0n) is 16.7. The monoisotopic (exact) mass is 474 g/mol. The van der Waals surface area contributed by atoms with Crippen molar-refractivity contribution in [2.75, 3.05) is 19.7 Å². The lowest BCUT2D eigenvalue weighted by Crippen LogP contribution is -2.47. The van der Waals surface area contributed by atoms with Gasteiger partial charge in [-0.1, -0.05) is 35.2 Å². The Morgan fingerprint density at radius 3 is 2.46 bits per heavy atom. The van der Waals surface area contributed by atoms with Gasteiger partial charge in [0.25, 0.3) is 0 Å². The van der Waals surface area contributed by atoms with E-state index >= 15 is 0 Å². The smallest absolute Gasteiger partial charge is 0.243 e. The molecule has 1 N–H and O–H groups in total. The molecule has 2 rings (SSSR count). The van der Waals surface area contributed by atoms with E-state index in [0.717, 1.165) is 36.6 Å². The molecule has 0 atom stereocenters. The first-order valence-electron chi connectivity index (χ1n) is 9.96. The molecule has 0 saturated heterocycles. The fraction of sp³-hybridized carbons (Fsp3) is 0.650. The van der Waals surface area contributed by atoms with Crippen molar-refractivity contribution in [3.8, 4) is 0 Å². The molecule has 0 unspecified atom stereocenters. The molecule has 0 heterocycles. The van der Waals surface area contributed by atoms with Crippen LogP contribution in [0, 0.1) is 0 Å². The largest absolute Gasteiger partial charge is 0.379 e. The third kappa shape index (κ3) is 7.13. The van der Waals surface area contributed by atoms with Crippen LogP contribution in [0.15, 0.2) is 33.6 Å². The molecule has 1 aromatic rings. The Morgan fingerprint density at radius 2 is 1.86 bits per heavy atom. The molecule has 0 bridgehead atoms. The molecule has 1 saturated carbocycles. The van der Waals surface area contributed by atoms with Gasteiger partial charge >= 0.3 is 0 Å². The Bertz CT molecular complexity index is 716. The number of carbonyl (C=O) groups excluding carboxylic acids is 1. The summed E-state index contributed by atoms with van der Waals surface area (Å²) in [6.07, 6.45) is 5.55. The highest BCUT2D eigenvalue weighted by atomic mass is 79.9. The van der Waals surface area contributed by atoms with Crippen molar-refractivity contribution < 1.29 is 17.9 Å². The van der Waals surface area contributed by atoms with Crippen molar-refractivity contribution in [3.05, 3.63) is 28.7 Å². The first-order valence-corrected chi connectivity index (χ1v) is 12.2. The molecule has 8 heteroatoms. The molecule has 158 valence electrons. The molecule has 0 aliphatic heterocycles. The number of rotatable bonds is 10. The maximum atomic E-state index is 13.2. The van der Waals surface area contributed by atoms with Gasteiger partial charge in [0, 0.05) is 23.7 Å². The summed E-state index contributed by atoms with van der Waals surface area (Å²) in [7, 11) is -3.73. The molecule has 28 heavy (non-hydrogen) atoms. The van der Waals surface area contributed by atoms with Gasteiger partial charge in [-0.15, -0.1) is 0 Å². The van der Waals surface area contributed by atoms with E-state index in [1.54, 1.807) is 24.3 Å². The highest BCUT2D eigenvalue weighted by molar-refractivity contribution is 9.10. The first-order chi connectivity index (χ1) is 13.3. The third-order valence-corrected chi connectivity index (χ3v) is 7.24. The summed E-state index contributed by atoms with van der Waals surface area (Å²) >= 11 is 3.33. The molecular formula is C20H31BrN2O4S. The molecule has 1 aromatic carbocycles. The van der Waals surface area contributed by atoms with Crippen molar-refractivity contribution in [3.63, 3.8) is 0 Å². The van der Waals surface area contributed by atoms with E-state index in [0.29, 0.717) is 19.6 Å². The predicted octanol–water partition coefficient (Wildman–Crippen LogP) is 3.70. The van der Waals surface area contributed by atoms with Crippen molar-refractivity contribution in [2.45, 2.75) is 69.4 Å². The topological polar surface area (TPSA) is 75.7 Å². The van der Waals surface area contributed by atoms with Crippen LogP contribution in [-0.2, 0) is 19.6 Å². The number of hydrogen-bond donors (Lipinski definition) is 1. The maximum absolute atomic E-state index is 13.2. The van der Waals surface area contributed by atoms with Gasteiger partial charge in [0.15, 0.2) is 0 Å². The molecule has 1 amide bonds. The highest BCUT2D eigenvalue weighted by Gasteiger charge is 2.33. The summed E-state index contributed by atoms with van der Waals surface area (Å²) in [5, 5.41) is 2.83. The minimum Gasteiger partial charge on any atom is -0.379 e. The molecule has 0 spiro atoms. The van der Waals surface area contributed by atoms with E-state index in [1.165, 1.54) is 4.31 Å². The lowest BCUT2D eigenvalue weighted by molar-refractivity contribution is -0.121. The SMILES string of the molecule is CC(C)OCCCNC(=O)CN(C1CCCCC1)S(=O)(=O)c1ccc(Br)cc1. The number of hydrogen-bond acceptors (Lipinski definition) is 4. The minimum absolute atomic E-state index is 0.127. The molecule has 0 aromatic heterocycles. The van der Waals surface area contributed by atoms with E-state index in [-0.39, 0.29) is 29.5 Å². The molecule has 6 nitrogen and oxygen atoms in total. The number of halogens is 1. The third-order valence-electron chi connectivity index (χ3n) is 4.80. The normalized spacial score (nSPS) is 15.9. The Morgan fingerprint density at radius 1 is 1.21 bits per heavy atom. The van der Waals surface area contributed by atoms with Crippen molar-refractivity contribution in [1.29, 1.82) is 0 Å². The van der Waals surface area contributed by atoms with Crippen LogP contribution in [0.25, 0.3) is 0 Å². The number of nitrogens with zero attached hydrogens (tertiary/aromatic N) is 1. The number of nitrogens with one attached hydrogen (secondary N) is 1. The van der Waals surface area contributed by atoms with Gasteiger partial charge in [-0.05, 0) is 57.4 Å². The standard InChI is InChI=1S/C20H31BrN2O4S/c1-16(2)27-14-6-13-22-20(24)15-23(18-7-4-3-5-8-18)28(25,26)19-11-9-17(21)10-12-19/h9-12,16,18H,3-8,13-15H2,1-2H3,(H,22,24). The zero-order valence-corrected chi connectivity index (χ0v) is 19.1. The summed E-state index contributed by atoms with van der Waals surface area (Å²) in [5.74, 6) is -0.268. The summed E-state index contributed by atoms with van der Waals surface area (Å²) < 4.78 is 34.2. The van der Waals surface area contributed by atoms with Crippen LogP contribution in [-0.4, -0.2) is 50.5 Å². The second kappa shape index (κ2) is 11.3. The van der Waals surface area contributed by atoms with Crippen LogP contribution < -0.4 is 5.32 Å². The molecule has 0 radical (unpaired) electrons. The Hall–Kier alpha value is -0.960. The number of sulfonamides is 1. The molecule has 1 aliphatic rings. The van der Waals surface area contributed by atoms with Crippen molar-refractivity contribution in [2.24, 2.45) is 0 Å². The molecule has 1 fully saturated rings. The fourth-order valence-corrected chi connectivity index (χ4v) is 5.24. The lowest BCUT2D eigenvalue weighted by Gasteiger charge is -2.33. The molecular weight excluding hydrogens is 444 g/mol. The minimum atomic E-state index is -3.73. The zero-order chi connectivity index (χ0) is 20.6. The number of ether oxygens (including phenoxy) is 1. The van der Waals surface area contributed by atoms with Crippen LogP contribution >= 0.6 is 15.9 Å². The van der Waals surface area contributed by atoms with Crippen molar-refractivity contribution >= 4 is 31.9 Å². The lowest BCUT2D eigenvalue weighted by atomic mass is 9.95. The van der Waals surface area contributed by atoms with Gasteiger partial charge in [-0.25, -0.2) is 8.42 Å². The average molecular weight is 475 g/mol. The number of benzene rings is 1. The second-order valence-electron chi connectivity index (χ2n) is 7.42. The second-order valence-corrected chi connectivity index (χ2v) is 10.2. The fourth-order valence-electron chi connectivity index (χ4n) is 3.34. The Labute approximate surface area is 177 Å². The van der Waals surface area contributed by atoms with Crippen LogP contribution in [0.5, 0.6) is 0 Å². The summed E-state index contributed by atoms with van der Waals surface area (Å²) in [6, 6.07) is 6.45. The summed E-state index contributed by atoms with van der Waals surface area (Å²) in [6.45, 7) is 4.83. The van der Waals surface area contributed by atoms with Gasteiger partial charge in [-0.3, -0.25) is 4.79 Å². The van der Waals surface area contributed by atoms with E-state index in [4.69, 9.17) is 4.74 Å². The van der Waals surface area contributed by atoms with Crippen LogP contribution in [0.1, 0.15) is 52.4 Å². The van der Waals surface area contributed by atoms with Gasteiger partial charge in [0.2, 0.25) is 15.9 Å². The molecule has 1 aliphatic carbocycles. The highest BCUT2D eigenvalue weighted by Crippen LogP contribution is 2.28. The quantitative estimate of drug-likeness (QED) is 0.524. The van der Waals surface area contributed by atoms with E-state index in [2.05, 4.69) is 21.2 Å². The Kier molecular flexibility index (Phi) is 9.40. The van der Waals surface area contributed by atoms with E-state index in [9.17, 15) is 13.2 Å². The summed E-state index contributed by atoms with van der Waals surface area (Å²) in [5.41, 5.74) is 0. The van der Waals surface area contributed by atoms with E-state index in [1.807, 2.05) is 13.8 Å². The maximum Gasteiger partial charge on any atom is 0.243 e. The van der Waals surface area contributed by atoms with Crippen LogP contribution in [0.3, 0.4) is 0 Å². The van der Waals surface area contributed by atoms with Gasteiger partial charge in [-0.2, -0.15) is 4.31 Å². The first kappa shape index (κ1) is 23.3.